The van der Waals surface area contributed by atoms with Gasteiger partial charge in [0, 0.05) is 25.2 Å². The van der Waals surface area contributed by atoms with Crippen LogP contribution in [0, 0.1) is 17.8 Å². The molecule has 1 saturated carbocycles. The van der Waals surface area contributed by atoms with Gasteiger partial charge in [-0.2, -0.15) is 0 Å². The monoisotopic (exact) mass is 349 g/mol. The van der Waals surface area contributed by atoms with Crippen LogP contribution in [0.3, 0.4) is 0 Å². The van der Waals surface area contributed by atoms with Crippen molar-refractivity contribution in [3.63, 3.8) is 0 Å². The average Bonchev–Trinajstić information content (AvgIpc) is 2.61. The lowest BCUT2D eigenvalue weighted by molar-refractivity contribution is -0.0683. The lowest BCUT2D eigenvalue weighted by atomic mass is 9.75. The Bertz CT molecular complexity index is 388. The number of hydrogen-bond donors (Lipinski definition) is 0. The van der Waals surface area contributed by atoms with Gasteiger partial charge in [0.05, 0.1) is 0 Å². The minimum absolute atomic E-state index is 0.617. The van der Waals surface area contributed by atoms with Gasteiger partial charge in [0.25, 0.3) is 0 Å². The van der Waals surface area contributed by atoms with Crippen LogP contribution in [0.5, 0.6) is 0 Å². The van der Waals surface area contributed by atoms with Gasteiger partial charge in [-0.05, 0) is 95.9 Å². The van der Waals surface area contributed by atoms with Crippen LogP contribution in [0.15, 0.2) is 0 Å². The topological polar surface area (TPSA) is 9.72 Å². The van der Waals surface area contributed by atoms with Crippen LogP contribution >= 0.6 is 0 Å². The van der Waals surface area contributed by atoms with Crippen molar-refractivity contribution in [3.8, 4) is 0 Å². The van der Waals surface area contributed by atoms with E-state index in [2.05, 4.69) is 28.7 Å². The molecule has 3 heterocycles. The van der Waals surface area contributed by atoms with Gasteiger partial charge in [-0.1, -0.05) is 20.8 Å². The van der Waals surface area contributed by atoms with E-state index in [1.54, 1.807) is 0 Å². The zero-order valence-corrected chi connectivity index (χ0v) is 17.5. The lowest BCUT2D eigenvalue weighted by Gasteiger charge is -2.57. The Labute approximate surface area is 157 Å². The highest BCUT2D eigenvalue weighted by Gasteiger charge is 2.46. The van der Waals surface area contributed by atoms with Gasteiger partial charge in [0.2, 0.25) is 0 Å². The second-order valence-corrected chi connectivity index (χ2v) is 9.41. The number of nitrogens with zero attached hydrogens (tertiary/aromatic N) is 3. The van der Waals surface area contributed by atoms with Gasteiger partial charge in [0.1, 0.15) is 0 Å². The van der Waals surface area contributed by atoms with Gasteiger partial charge < -0.3 is 9.80 Å². The third-order valence-electron chi connectivity index (χ3n) is 7.61. The van der Waals surface area contributed by atoms with Crippen LogP contribution in [-0.2, 0) is 0 Å². The minimum Gasteiger partial charge on any atom is -0.306 e. The molecule has 3 heteroatoms. The molecule has 3 saturated heterocycles. The molecule has 0 unspecified atom stereocenters. The Morgan fingerprint density at radius 3 is 1.92 bits per heavy atom. The van der Waals surface area contributed by atoms with Crippen LogP contribution in [0.1, 0.15) is 65.7 Å². The highest BCUT2D eigenvalue weighted by molar-refractivity contribution is 5.03. The number of piperidine rings is 2. The molecule has 1 spiro atoms. The molecule has 0 aromatic rings. The zero-order valence-electron chi connectivity index (χ0n) is 17.5. The van der Waals surface area contributed by atoms with Gasteiger partial charge in [-0.3, -0.25) is 4.90 Å². The second-order valence-electron chi connectivity index (χ2n) is 9.41. The molecule has 0 aromatic carbocycles. The fourth-order valence-electron chi connectivity index (χ4n) is 5.72. The minimum atomic E-state index is 0.617. The average molecular weight is 350 g/mol. The first-order chi connectivity index (χ1) is 12.1. The maximum absolute atomic E-state index is 2.88. The Kier molecular flexibility index (Phi) is 6.84. The highest BCUT2D eigenvalue weighted by atomic mass is 15.3. The van der Waals surface area contributed by atoms with Gasteiger partial charge in [0.15, 0.2) is 0 Å². The highest BCUT2D eigenvalue weighted by Crippen LogP contribution is 2.41. The summed E-state index contributed by atoms with van der Waals surface area (Å²) in [6.45, 7) is 16.0. The Balaban J connectivity index is 0.000000880. The molecule has 25 heavy (non-hydrogen) atoms. The van der Waals surface area contributed by atoms with Crippen molar-refractivity contribution >= 4 is 0 Å². The summed E-state index contributed by atoms with van der Waals surface area (Å²) >= 11 is 0. The summed E-state index contributed by atoms with van der Waals surface area (Å²) in [6.07, 6.45) is 10.2. The standard InChI is InChI=1S/C20H37N3.C2H6/c1-17-13-19(14-17)15-22-8-3-18(4-9-22)16-23-12-7-20(23)5-10-21(2)11-6-20;1-2/h17-19H,3-16H2,1-2H3;1-2H3. The SMILES string of the molecule is CC.CC1CC(CN2CCC(CN3CCC34CCN(C)CC4)CC2)C1. The van der Waals surface area contributed by atoms with Gasteiger partial charge in [-0.25, -0.2) is 0 Å². The molecule has 0 aromatic heterocycles. The second kappa shape index (κ2) is 8.71. The third kappa shape index (κ3) is 4.59. The van der Waals surface area contributed by atoms with E-state index in [4.69, 9.17) is 0 Å². The molecule has 1 aliphatic carbocycles. The predicted octanol–water partition coefficient (Wildman–Crippen LogP) is 3.94. The first-order valence-electron chi connectivity index (χ1n) is 11.3. The molecule has 146 valence electrons. The van der Waals surface area contributed by atoms with Crippen molar-refractivity contribution in [1.29, 1.82) is 0 Å². The summed E-state index contributed by atoms with van der Waals surface area (Å²) in [5, 5.41) is 0. The van der Waals surface area contributed by atoms with E-state index in [1.165, 1.54) is 90.8 Å². The van der Waals surface area contributed by atoms with Gasteiger partial charge in [-0.15, -0.1) is 0 Å². The molecular weight excluding hydrogens is 306 g/mol. The van der Waals surface area contributed by atoms with E-state index < -0.39 is 0 Å². The van der Waals surface area contributed by atoms with E-state index in [9.17, 15) is 0 Å². The van der Waals surface area contributed by atoms with E-state index in [1.807, 2.05) is 13.8 Å². The summed E-state index contributed by atoms with van der Waals surface area (Å²) in [5.74, 6) is 3.01. The largest absolute Gasteiger partial charge is 0.306 e. The van der Waals surface area contributed by atoms with Crippen LogP contribution in [0.2, 0.25) is 0 Å². The van der Waals surface area contributed by atoms with E-state index in [-0.39, 0.29) is 0 Å². The van der Waals surface area contributed by atoms with E-state index >= 15 is 0 Å². The van der Waals surface area contributed by atoms with Crippen molar-refractivity contribution in [1.82, 2.24) is 14.7 Å². The quantitative estimate of drug-likeness (QED) is 0.761. The van der Waals surface area contributed by atoms with Crippen molar-refractivity contribution in [2.24, 2.45) is 17.8 Å². The van der Waals surface area contributed by atoms with E-state index in [0.29, 0.717) is 5.54 Å². The number of likely N-dealkylation sites (tertiary alicyclic amines) is 3. The Hall–Kier alpha value is -0.120. The normalized spacial score (nSPS) is 34.1. The van der Waals surface area contributed by atoms with Gasteiger partial charge >= 0.3 is 0 Å². The van der Waals surface area contributed by atoms with Crippen LogP contribution in [-0.4, -0.2) is 73.1 Å². The molecular formula is C22H43N3. The van der Waals surface area contributed by atoms with Crippen molar-refractivity contribution < 1.29 is 0 Å². The maximum Gasteiger partial charge on any atom is 0.0246 e. The molecule has 0 N–H and O–H groups in total. The van der Waals surface area contributed by atoms with Crippen molar-refractivity contribution in [3.05, 3.63) is 0 Å². The number of rotatable bonds is 4. The summed E-state index contributed by atoms with van der Waals surface area (Å²) in [5.41, 5.74) is 0.617. The summed E-state index contributed by atoms with van der Waals surface area (Å²) in [4.78, 5) is 8.17. The first-order valence-corrected chi connectivity index (χ1v) is 11.3. The zero-order chi connectivity index (χ0) is 17.9. The molecule has 3 nitrogen and oxygen atoms in total. The summed E-state index contributed by atoms with van der Waals surface area (Å²) < 4.78 is 0. The fraction of sp³-hybridized carbons (Fsp3) is 1.00. The summed E-state index contributed by atoms with van der Waals surface area (Å²) in [6, 6.07) is 0. The van der Waals surface area contributed by atoms with Crippen LogP contribution in [0.25, 0.3) is 0 Å². The predicted molar refractivity (Wildman–Crippen MR) is 108 cm³/mol. The first kappa shape index (κ1) is 19.6. The lowest BCUT2D eigenvalue weighted by Crippen LogP contribution is -2.64. The fourth-order valence-corrected chi connectivity index (χ4v) is 5.72. The molecule has 4 rings (SSSR count). The molecule has 0 atom stereocenters. The maximum atomic E-state index is 2.88. The van der Waals surface area contributed by atoms with Crippen molar-refractivity contribution in [2.75, 3.05) is 52.9 Å². The summed E-state index contributed by atoms with van der Waals surface area (Å²) in [7, 11) is 2.29. The molecule has 4 aliphatic rings. The molecule has 3 aliphatic heterocycles. The molecule has 4 fully saturated rings. The van der Waals surface area contributed by atoms with E-state index in [0.717, 1.165) is 17.8 Å². The smallest absolute Gasteiger partial charge is 0.0246 e. The van der Waals surface area contributed by atoms with Crippen molar-refractivity contribution in [2.45, 2.75) is 71.3 Å². The molecule has 0 radical (unpaired) electrons. The third-order valence-corrected chi connectivity index (χ3v) is 7.61. The Morgan fingerprint density at radius 1 is 0.800 bits per heavy atom. The molecule has 0 amide bonds. The van der Waals surface area contributed by atoms with Crippen LogP contribution in [0.4, 0.5) is 0 Å². The Morgan fingerprint density at radius 2 is 1.40 bits per heavy atom. The van der Waals surface area contributed by atoms with Crippen LogP contribution < -0.4 is 0 Å². The molecule has 0 bridgehead atoms. The number of hydrogen-bond acceptors (Lipinski definition) is 3.